The van der Waals surface area contributed by atoms with Crippen LogP contribution in [-0.4, -0.2) is 52.8 Å². The first kappa shape index (κ1) is 12.7. The smallest absolute Gasteiger partial charge is 0.352 e. The van der Waals surface area contributed by atoms with Crippen molar-refractivity contribution in [2.75, 3.05) is 24.5 Å². The summed E-state index contributed by atoms with van der Waals surface area (Å²) >= 11 is 0. The fraction of sp³-hybridized carbons (Fsp3) is 0.667. The van der Waals surface area contributed by atoms with Crippen LogP contribution in [-0.2, 0) is 0 Å². The number of anilines is 1. The molecule has 0 radical (unpaired) electrons. The predicted octanol–water partition coefficient (Wildman–Crippen LogP) is 1.69. The first-order chi connectivity index (χ1) is 9.03. The Morgan fingerprint density at radius 3 is 2.37 bits per heavy atom. The fourth-order valence-corrected chi connectivity index (χ4v) is 3.10. The van der Waals surface area contributed by atoms with Crippen molar-refractivity contribution in [3.05, 3.63) is 18.6 Å². The van der Waals surface area contributed by atoms with Crippen molar-refractivity contribution in [2.45, 2.75) is 31.1 Å². The van der Waals surface area contributed by atoms with Gasteiger partial charge in [0.15, 0.2) is 0 Å². The highest BCUT2D eigenvalue weighted by atomic mass is 19.4. The zero-order valence-corrected chi connectivity index (χ0v) is 10.3. The van der Waals surface area contributed by atoms with Crippen LogP contribution in [0.15, 0.2) is 18.6 Å². The standard InChI is InChI=1S/C12H15F3N4/c13-12(14,15)8-19-9-1-2-10(19)7-18(6-9)11-5-16-3-4-17-11/h3-5,9-10H,1-2,6-8H2. The molecule has 2 aliphatic rings. The third-order valence-corrected chi connectivity index (χ3v) is 3.87. The maximum atomic E-state index is 12.6. The number of piperazine rings is 1. The molecule has 2 bridgehead atoms. The molecule has 2 fully saturated rings. The van der Waals surface area contributed by atoms with Crippen LogP contribution in [0.5, 0.6) is 0 Å². The number of halogens is 3. The van der Waals surface area contributed by atoms with E-state index >= 15 is 0 Å². The molecule has 0 N–H and O–H groups in total. The van der Waals surface area contributed by atoms with Crippen LogP contribution < -0.4 is 4.90 Å². The van der Waals surface area contributed by atoms with E-state index in [-0.39, 0.29) is 12.1 Å². The lowest BCUT2D eigenvalue weighted by Crippen LogP contribution is -2.56. The molecule has 3 heterocycles. The summed E-state index contributed by atoms with van der Waals surface area (Å²) in [6.07, 6.45) is 2.42. The van der Waals surface area contributed by atoms with Crippen molar-refractivity contribution < 1.29 is 13.2 Å². The van der Waals surface area contributed by atoms with Crippen LogP contribution in [0.4, 0.5) is 19.0 Å². The second kappa shape index (κ2) is 4.63. The fourth-order valence-electron chi connectivity index (χ4n) is 3.10. The van der Waals surface area contributed by atoms with Crippen molar-refractivity contribution in [3.63, 3.8) is 0 Å². The van der Waals surface area contributed by atoms with Gasteiger partial charge in [0, 0.05) is 37.6 Å². The van der Waals surface area contributed by atoms with Gasteiger partial charge in [0.25, 0.3) is 0 Å². The zero-order chi connectivity index (χ0) is 13.5. The summed E-state index contributed by atoms with van der Waals surface area (Å²) in [5.74, 6) is 0.756. The van der Waals surface area contributed by atoms with E-state index in [4.69, 9.17) is 0 Å². The maximum Gasteiger partial charge on any atom is 0.401 e. The molecule has 19 heavy (non-hydrogen) atoms. The lowest BCUT2D eigenvalue weighted by molar-refractivity contribution is -0.153. The summed E-state index contributed by atoms with van der Waals surface area (Å²) in [4.78, 5) is 11.9. The molecule has 2 unspecified atom stereocenters. The molecule has 7 heteroatoms. The van der Waals surface area contributed by atoms with Crippen LogP contribution in [0.25, 0.3) is 0 Å². The summed E-state index contributed by atoms with van der Waals surface area (Å²) in [5.41, 5.74) is 0. The van der Waals surface area contributed by atoms with Crippen molar-refractivity contribution in [2.24, 2.45) is 0 Å². The molecule has 0 saturated carbocycles. The normalized spacial score (nSPS) is 27.8. The highest BCUT2D eigenvalue weighted by molar-refractivity contribution is 5.37. The Balaban J connectivity index is 1.72. The Morgan fingerprint density at radius 1 is 1.16 bits per heavy atom. The molecule has 0 aliphatic carbocycles. The number of hydrogen-bond acceptors (Lipinski definition) is 4. The Morgan fingerprint density at radius 2 is 1.84 bits per heavy atom. The van der Waals surface area contributed by atoms with E-state index in [2.05, 4.69) is 9.97 Å². The molecule has 0 aromatic carbocycles. The van der Waals surface area contributed by atoms with E-state index in [0.717, 1.165) is 18.7 Å². The Kier molecular flexibility index (Phi) is 3.08. The van der Waals surface area contributed by atoms with Crippen LogP contribution in [0, 0.1) is 0 Å². The SMILES string of the molecule is FC(F)(F)CN1C2CCC1CN(c1cnccn1)C2. The number of alkyl halides is 3. The Hall–Kier alpha value is -1.37. The van der Waals surface area contributed by atoms with Gasteiger partial charge in [-0.3, -0.25) is 9.88 Å². The number of nitrogens with zero attached hydrogens (tertiary/aromatic N) is 4. The highest BCUT2D eigenvalue weighted by Crippen LogP contribution is 2.34. The van der Waals surface area contributed by atoms with E-state index in [9.17, 15) is 13.2 Å². The molecule has 1 aromatic heterocycles. The van der Waals surface area contributed by atoms with E-state index in [1.165, 1.54) is 0 Å². The van der Waals surface area contributed by atoms with Gasteiger partial charge in [0.2, 0.25) is 0 Å². The third kappa shape index (κ3) is 2.65. The molecule has 4 nitrogen and oxygen atoms in total. The lowest BCUT2D eigenvalue weighted by atomic mass is 10.2. The summed E-state index contributed by atoms with van der Waals surface area (Å²) in [7, 11) is 0. The van der Waals surface area contributed by atoms with Gasteiger partial charge in [-0.05, 0) is 12.8 Å². The van der Waals surface area contributed by atoms with Gasteiger partial charge in [0.05, 0.1) is 12.7 Å². The Labute approximate surface area is 109 Å². The van der Waals surface area contributed by atoms with Crippen molar-refractivity contribution >= 4 is 5.82 Å². The molecule has 3 rings (SSSR count). The minimum absolute atomic E-state index is 0.0256. The van der Waals surface area contributed by atoms with Crippen LogP contribution in [0.2, 0.25) is 0 Å². The summed E-state index contributed by atoms with van der Waals surface area (Å²) < 4.78 is 37.7. The zero-order valence-electron chi connectivity index (χ0n) is 10.3. The predicted molar refractivity (Wildman–Crippen MR) is 63.8 cm³/mol. The average molecular weight is 272 g/mol. The largest absolute Gasteiger partial charge is 0.401 e. The van der Waals surface area contributed by atoms with Crippen molar-refractivity contribution in [3.8, 4) is 0 Å². The van der Waals surface area contributed by atoms with E-state index in [1.54, 1.807) is 23.5 Å². The molecule has 0 amide bonds. The van der Waals surface area contributed by atoms with Crippen LogP contribution in [0.1, 0.15) is 12.8 Å². The van der Waals surface area contributed by atoms with E-state index < -0.39 is 12.7 Å². The minimum Gasteiger partial charge on any atom is -0.352 e. The summed E-state index contributed by atoms with van der Waals surface area (Å²) in [6.45, 7) is 0.410. The topological polar surface area (TPSA) is 32.3 Å². The number of hydrogen-bond donors (Lipinski definition) is 0. The first-order valence-electron chi connectivity index (χ1n) is 6.36. The number of rotatable bonds is 2. The molecule has 2 atom stereocenters. The van der Waals surface area contributed by atoms with E-state index in [0.29, 0.717) is 13.1 Å². The molecule has 2 aliphatic heterocycles. The second-order valence-electron chi connectivity index (χ2n) is 5.14. The summed E-state index contributed by atoms with van der Waals surface area (Å²) in [5, 5.41) is 0. The monoisotopic (exact) mass is 272 g/mol. The van der Waals surface area contributed by atoms with Gasteiger partial charge in [-0.1, -0.05) is 0 Å². The van der Waals surface area contributed by atoms with E-state index in [1.807, 2.05) is 4.90 Å². The molecule has 104 valence electrons. The quantitative estimate of drug-likeness (QED) is 0.820. The van der Waals surface area contributed by atoms with Gasteiger partial charge < -0.3 is 4.90 Å². The lowest BCUT2D eigenvalue weighted by Gasteiger charge is -2.41. The second-order valence-corrected chi connectivity index (χ2v) is 5.14. The number of aromatic nitrogens is 2. The van der Waals surface area contributed by atoms with Crippen molar-refractivity contribution in [1.82, 2.24) is 14.9 Å². The third-order valence-electron chi connectivity index (χ3n) is 3.87. The summed E-state index contributed by atoms with van der Waals surface area (Å²) in [6, 6.07) is -0.0511. The van der Waals surface area contributed by atoms with Gasteiger partial charge in [-0.15, -0.1) is 0 Å². The average Bonchev–Trinajstić information content (AvgIpc) is 2.61. The molecular weight excluding hydrogens is 257 g/mol. The van der Waals surface area contributed by atoms with Gasteiger partial charge in [-0.25, -0.2) is 4.98 Å². The highest BCUT2D eigenvalue weighted by Gasteiger charge is 2.45. The van der Waals surface area contributed by atoms with Gasteiger partial charge >= 0.3 is 6.18 Å². The maximum absolute atomic E-state index is 12.6. The van der Waals surface area contributed by atoms with Crippen molar-refractivity contribution in [1.29, 1.82) is 0 Å². The van der Waals surface area contributed by atoms with Gasteiger partial charge in [-0.2, -0.15) is 13.2 Å². The molecular formula is C12H15F3N4. The first-order valence-corrected chi connectivity index (χ1v) is 6.36. The van der Waals surface area contributed by atoms with Crippen LogP contribution in [0.3, 0.4) is 0 Å². The Bertz CT molecular complexity index is 422. The van der Waals surface area contributed by atoms with Crippen LogP contribution >= 0.6 is 0 Å². The number of fused-ring (bicyclic) bond motifs is 2. The molecule has 2 saturated heterocycles. The molecule has 1 aromatic rings. The molecule has 0 spiro atoms. The van der Waals surface area contributed by atoms with Gasteiger partial charge in [0.1, 0.15) is 5.82 Å². The minimum atomic E-state index is -4.12.